The topological polar surface area (TPSA) is 29.5 Å². The van der Waals surface area contributed by atoms with Crippen LogP contribution in [0.5, 0.6) is 0 Å². The van der Waals surface area contributed by atoms with E-state index in [1.165, 1.54) is 63.4 Å². The van der Waals surface area contributed by atoms with Crippen molar-refractivity contribution in [3.05, 3.63) is 60.0 Å². The fraction of sp³-hybridized carbons (Fsp3) is 0.686. The highest BCUT2D eigenvalue weighted by atomic mass is 19.1. The van der Waals surface area contributed by atoms with Crippen molar-refractivity contribution >= 4 is 5.91 Å². The van der Waals surface area contributed by atoms with Crippen molar-refractivity contribution in [1.82, 2.24) is 4.90 Å². The minimum absolute atomic E-state index is 0.00820. The molecule has 0 unspecified atom stereocenters. The zero-order valence-electron chi connectivity index (χ0n) is 24.6. The number of hydrogen-bond acceptors (Lipinski definition) is 2. The molecule has 1 amide bonds. The second-order valence-corrected chi connectivity index (χ2v) is 12.9. The number of likely N-dealkylation sites (N-methyl/N-ethyl adjacent to an activating group) is 1. The van der Waals surface area contributed by atoms with Gasteiger partial charge in [-0.05, 0) is 144 Å². The number of halogens is 1. The average molecular weight is 538 g/mol. The van der Waals surface area contributed by atoms with Gasteiger partial charge in [0.05, 0.1) is 12.7 Å². The van der Waals surface area contributed by atoms with Crippen molar-refractivity contribution in [3.8, 4) is 0 Å². The molecule has 1 aromatic carbocycles. The summed E-state index contributed by atoms with van der Waals surface area (Å²) in [4.78, 5) is 13.6. The summed E-state index contributed by atoms with van der Waals surface area (Å²) in [6.45, 7) is 10.5. The van der Waals surface area contributed by atoms with E-state index in [1.54, 1.807) is 11.8 Å². The molecule has 39 heavy (non-hydrogen) atoms. The predicted molar refractivity (Wildman–Crippen MR) is 159 cm³/mol. The molecule has 0 spiro atoms. The van der Waals surface area contributed by atoms with Crippen LogP contribution in [0.3, 0.4) is 0 Å². The number of ether oxygens (including phenoxy) is 1. The third kappa shape index (κ3) is 8.28. The van der Waals surface area contributed by atoms with Gasteiger partial charge in [0.1, 0.15) is 5.82 Å². The van der Waals surface area contributed by atoms with Crippen molar-refractivity contribution in [3.63, 3.8) is 0 Å². The Morgan fingerprint density at radius 3 is 2.18 bits per heavy atom. The first-order valence-electron chi connectivity index (χ1n) is 15.8. The van der Waals surface area contributed by atoms with Gasteiger partial charge in [-0.3, -0.25) is 4.79 Å². The molecule has 0 N–H and O–H groups in total. The van der Waals surface area contributed by atoms with Gasteiger partial charge in [0, 0.05) is 19.2 Å². The van der Waals surface area contributed by atoms with Crippen molar-refractivity contribution in [2.75, 3.05) is 20.2 Å². The van der Waals surface area contributed by atoms with E-state index in [9.17, 15) is 4.79 Å². The molecule has 3 fully saturated rings. The van der Waals surface area contributed by atoms with Gasteiger partial charge in [0.2, 0.25) is 5.91 Å². The molecule has 0 saturated heterocycles. The Morgan fingerprint density at radius 1 is 0.974 bits per heavy atom. The van der Waals surface area contributed by atoms with Gasteiger partial charge >= 0.3 is 0 Å². The molecular formula is C35H52FNO2. The van der Waals surface area contributed by atoms with Gasteiger partial charge < -0.3 is 9.64 Å². The van der Waals surface area contributed by atoms with Crippen LogP contribution in [0, 0.1) is 23.6 Å². The normalized spacial score (nSPS) is 29.5. The largest absolute Gasteiger partial charge is 0.376 e. The molecule has 4 rings (SSSR count). The predicted octanol–water partition coefficient (Wildman–Crippen LogP) is 8.95. The summed E-state index contributed by atoms with van der Waals surface area (Å²) in [7, 11) is 1.81. The molecule has 3 aliphatic rings. The van der Waals surface area contributed by atoms with Crippen molar-refractivity contribution < 1.29 is 13.9 Å². The first-order chi connectivity index (χ1) is 18.9. The number of carbonyl (C=O) groups is 1. The molecule has 0 bridgehead atoms. The Kier molecular flexibility index (Phi) is 11.3. The molecule has 0 heterocycles. The third-order valence-corrected chi connectivity index (χ3v) is 10.2. The Balaban J connectivity index is 1.17. The van der Waals surface area contributed by atoms with E-state index in [0.717, 1.165) is 55.4 Å². The lowest BCUT2D eigenvalue weighted by molar-refractivity contribution is -0.126. The van der Waals surface area contributed by atoms with Crippen molar-refractivity contribution in [2.24, 2.45) is 17.8 Å². The highest BCUT2D eigenvalue weighted by Gasteiger charge is 2.32. The number of benzene rings is 1. The summed E-state index contributed by atoms with van der Waals surface area (Å²) in [5.41, 5.74) is 2.75. The summed E-state index contributed by atoms with van der Waals surface area (Å²) >= 11 is 0. The Bertz CT molecular complexity index is 949. The molecule has 3 nitrogen and oxygen atoms in total. The minimum atomic E-state index is -0.00820. The minimum Gasteiger partial charge on any atom is -0.376 e. The average Bonchev–Trinajstić information content (AvgIpc) is 2.96. The quantitative estimate of drug-likeness (QED) is 0.208. The lowest BCUT2D eigenvalue weighted by atomic mass is 9.69. The van der Waals surface area contributed by atoms with Gasteiger partial charge in [-0.2, -0.15) is 0 Å². The monoisotopic (exact) mass is 537 g/mol. The number of amides is 1. The van der Waals surface area contributed by atoms with Crippen molar-refractivity contribution in [1.29, 1.82) is 0 Å². The lowest BCUT2D eigenvalue weighted by Gasteiger charge is -2.38. The summed E-state index contributed by atoms with van der Waals surface area (Å²) in [5.74, 6) is 3.33. The van der Waals surface area contributed by atoms with Crippen LogP contribution in [0.4, 0.5) is 4.39 Å². The summed E-state index contributed by atoms with van der Waals surface area (Å²) in [6, 6.07) is 6.25. The lowest BCUT2D eigenvalue weighted by Crippen LogP contribution is -2.33. The van der Waals surface area contributed by atoms with Crippen LogP contribution >= 0.6 is 0 Å². The first kappa shape index (κ1) is 30.0. The second-order valence-electron chi connectivity index (χ2n) is 12.9. The van der Waals surface area contributed by atoms with Crippen LogP contribution in [0.15, 0.2) is 43.0 Å². The molecule has 3 aliphatic carbocycles. The maximum absolute atomic E-state index is 15.3. The smallest absolute Gasteiger partial charge is 0.248 e. The maximum atomic E-state index is 15.3. The number of hydrogen-bond donors (Lipinski definition) is 0. The van der Waals surface area contributed by atoms with E-state index in [4.69, 9.17) is 4.74 Å². The van der Waals surface area contributed by atoms with E-state index in [-0.39, 0.29) is 11.7 Å². The van der Waals surface area contributed by atoms with Crippen LogP contribution in [0.25, 0.3) is 0 Å². The van der Waals surface area contributed by atoms with E-state index in [1.807, 2.05) is 19.2 Å². The summed E-state index contributed by atoms with van der Waals surface area (Å²) in [5, 5.41) is 0. The van der Waals surface area contributed by atoms with E-state index in [0.29, 0.717) is 36.7 Å². The van der Waals surface area contributed by atoms with Gasteiger partial charge in [-0.15, -0.1) is 6.58 Å². The number of rotatable bonds is 11. The molecule has 4 heteroatoms. The number of nitrogens with zero attached hydrogens (tertiary/aromatic N) is 1. The van der Waals surface area contributed by atoms with E-state index < -0.39 is 0 Å². The molecule has 1 aromatic rings. The molecule has 0 radical (unpaired) electrons. The second kappa shape index (κ2) is 14.6. The van der Waals surface area contributed by atoms with Crippen LogP contribution in [-0.4, -0.2) is 37.1 Å². The van der Waals surface area contributed by atoms with Crippen LogP contribution < -0.4 is 0 Å². The molecular weight excluding hydrogens is 485 g/mol. The summed E-state index contributed by atoms with van der Waals surface area (Å²) < 4.78 is 21.4. The van der Waals surface area contributed by atoms with Crippen LogP contribution in [-0.2, 0) is 9.53 Å². The Labute approximate surface area is 237 Å². The summed E-state index contributed by atoms with van der Waals surface area (Å²) in [6.07, 6.45) is 19.1. The van der Waals surface area contributed by atoms with Gasteiger partial charge in [-0.25, -0.2) is 4.39 Å². The van der Waals surface area contributed by atoms with Gasteiger partial charge in [0.25, 0.3) is 0 Å². The van der Waals surface area contributed by atoms with Crippen LogP contribution in [0.1, 0.15) is 120 Å². The maximum Gasteiger partial charge on any atom is 0.248 e. The molecule has 216 valence electrons. The Morgan fingerprint density at radius 2 is 1.59 bits per heavy atom. The van der Waals surface area contributed by atoms with E-state index in [2.05, 4.69) is 25.3 Å². The zero-order chi connectivity index (χ0) is 27.8. The third-order valence-electron chi connectivity index (χ3n) is 10.2. The van der Waals surface area contributed by atoms with Gasteiger partial charge in [-0.1, -0.05) is 24.8 Å². The first-order valence-corrected chi connectivity index (χ1v) is 15.8. The molecule has 0 atom stereocenters. The zero-order valence-corrected chi connectivity index (χ0v) is 24.6. The standard InChI is InChI=1S/C35H52FNO2/c1-5-6-7-26-8-10-29(11-9-26)31-18-21-33(34(36)24-31)30-14-12-27(13-15-30)28-16-19-32(20-17-28)39-23-22-37(4)35(38)25(2)3/h5,18,21,24,26-30,32H,1-2,6-17,19-20,22-23H2,3-4H3. The fourth-order valence-corrected chi connectivity index (χ4v) is 7.68. The van der Waals surface area contributed by atoms with Crippen LogP contribution in [0.2, 0.25) is 0 Å². The van der Waals surface area contributed by atoms with E-state index >= 15 is 4.39 Å². The van der Waals surface area contributed by atoms with Gasteiger partial charge in [0.15, 0.2) is 0 Å². The fourth-order valence-electron chi connectivity index (χ4n) is 7.68. The molecule has 0 aromatic heterocycles. The highest BCUT2D eigenvalue weighted by Crippen LogP contribution is 2.44. The Hall–Kier alpha value is -1.94. The SMILES string of the molecule is C=CCCC1CCC(c2ccc(C3CCC(C4CCC(OCCN(C)C(=O)C(=C)C)CC4)CC3)c(F)c2)CC1. The molecule has 3 saturated carbocycles. The highest BCUT2D eigenvalue weighted by molar-refractivity contribution is 5.91. The number of allylic oxidation sites excluding steroid dienone is 1. The number of carbonyl (C=O) groups excluding carboxylic acids is 1. The van der Waals surface area contributed by atoms with Crippen molar-refractivity contribution in [2.45, 2.75) is 115 Å². The molecule has 0 aliphatic heterocycles.